The summed E-state index contributed by atoms with van der Waals surface area (Å²) in [5.74, 6) is 0.0219. The maximum Gasteiger partial charge on any atom is 0.236 e. The fraction of sp³-hybridized carbons (Fsp3) is 0.316. The molecule has 3 nitrogen and oxygen atoms in total. The number of alkyl halides is 1. The Hall–Kier alpha value is -1.65. The van der Waals surface area contributed by atoms with Gasteiger partial charge >= 0.3 is 0 Å². The summed E-state index contributed by atoms with van der Waals surface area (Å²) in [4.78, 5) is 15.2. The van der Waals surface area contributed by atoms with Crippen LogP contribution >= 0.6 is 15.9 Å². The number of benzene rings is 2. The fourth-order valence-corrected chi connectivity index (χ4v) is 3.54. The third kappa shape index (κ3) is 4.01. The molecule has 0 atom stereocenters. The summed E-state index contributed by atoms with van der Waals surface area (Å²) in [6.07, 6.45) is 0. The van der Waals surface area contributed by atoms with Crippen molar-refractivity contribution in [3.8, 4) is 0 Å². The van der Waals surface area contributed by atoms with Gasteiger partial charge in [0.15, 0.2) is 0 Å². The highest BCUT2D eigenvalue weighted by Gasteiger charge is 2.40. The first-order chi connectivity index (χ1) is 11.1. The molecule has 23 heavy (non-hydrogen) atoms. The fourth-order valence-electron chi connectivity index (χ4n) is 2.63. The van der Waals surface area contributed by atoms with Crippen LogP contribution in [-0.2, 0) is 10.2 Å². The number of nitrogens with one attached hydrogen (secondary N) is 1. The van der Waals surface area contributed by atoms with Crippen molar-refractivity contribution >= 4 is 21.8 Å². The Labute approximate surface area is 146 Å². The number of hydrogen-bond acceptors (Lipinski definition) is 2. The van der Waals surface area contributed by atoms with Gasteiger partial charge in [-0.1, -0.05) is 76.6 Å². The van der Waals surface area contributed by atoms with Crippen molar-refractivity contribution < 1.29 is 4.79 Å². The molecule has 0 aliphatic heterocycles. The summed E-state index contributed by atoms with van der Waals surface area (Å²) < 4.78 is 0. The summed E-state index contributed by atoms with van der Waals surface area (Å²) in [6, 6.07) is 19.9. The predicted octanol–water partition coefficient (Wildman–Crippen LogP) is 3.05. The molecule has 0 bridgehead atoms. The van der Waals surface area contributed by atoms with E-state index in [-0.39, 0.29) is 5.91 Å². The lowest BCUT2D eigenvalue weighted by Gasteiger charge is -2.32. The quantitative estimate of drug-likeness (QED) is 0.755. The molecule has 0 aliphatic carbocycles. The molecule has 0 aromatic heterocycles. The van der Waals surface area contributed by atoms with Crippen LogP contribution in [0.25, 0.3) is 0 Å². The predicted molar refractivity (Wildman–Crippen MR) is 99.0 cm³/mol. The number of amides is 1. The van der Waals surface area contributed by atoms with Crippen molar-refractivity contribution in [1.29, 1.82) is 0 Å². The number of carbonyl (C=O) groups is 1. The summed E-state index contributed by atoms with van der Waals surface area (Å²) in [5.41, 5.74) is 1.25. The van der Waals surface area contributed by atoms with Crippen LogP contribution in [0.1, 0.15) is 11.1 Å². The lowest BCUT2D eigenvalue weighted by molar-refractivity contribution is -0.124. The van der Waals surface area contributed by atoms with Crippen molar-refractivity contribution in [3.05, 3.63) is 71.8 Å². The summed E-state index contributed by atoms with van der Waals surface area (Å²) in [7, 11) is 4.00. The summed E-state index contributed by atoms with van der Waals surface area (Å²) >= 11 is 3.60. The Kier molecular flexibility index (Phi) is 6.37. The zero-order valence-corrected chi connectivity index (χ0v) is 15.2. The Morgan fingerprint density at radius 1 is 1.00 bits per heavy atom. The van der Waals surface area contributed by atoms with Crippen molar-refractivity contribution in [2.45, 2.75) is 5.41 Å². The molecule has 4 heteroatoms. The molecule has 2 aromatic rings. The van der Waals surface area contributed by atoms with E-state index in [1.54, 1.807) is 0 Å². The smallest absolute Gasteiger partial charge is 0.236 e. The van der Waals surface area contributed by atoms with Gasteiger partial charge in [0.25, 0.3) is 0 Å². The zero-order chi connectivity index (χ0) is 16.7. The molecule has 1 N–H and O–H groups in total. The lowest BCUT2D eigenvalue weighted by Crippen LogP contribution is -2.48. The summed E-state index contributed by atoms with van der Waals surface area (Å²) in [6.45, 7) is 1.44. The van der Waals surface area contributed by atoms with Gasteiger partial charge in [-0.2, -0.15) is 0 Å². The van der Waals surface area contributed by atoms with Gasteiger partial charge in [-0.3, -0.25) is 4.79 Å². The molecule has 0 unspecified atom stereocenters. The normalized spacial score (nSPS) is 11.5. The monoisotopic (exact) mass is 374 g/mol. The molecular weight excluding hydrogens is 352 g/mol. The van der Waals surface area contributed by atoms with Crippen LogP contribution in [0.3, 0.4) is 0 Å². The molecule has 2 rings (SSSR count). The van der Waals surface area contributed by atoms with Crippen LogP contribution in [0.4, 0.5) is 0 Å². The minimum Gasteiger partial charge on any atom is -0.354 e. The largest absolute Gasteiger partial charge is 0.354 e. The van der Waals surface area contributed by atoms with Gasteiger partial charge in [0.2, 0.25) is 5.91 Å². The molecule has 0 spiro atoms. The third-order valence-electron chi connectivity index (χ3n) is 3.97. The average molecular weight is 375 g/mol. The van der Waals surface area contributed by atoms with E-state index in [2.05, 4.69) is 26.1 Å². The van der Waals surface area contributed by atoms with Crippen LogP contribution < -0.4 is 5.32 Å². The third-order valence-corrected chi connectivity index (χ3v) is 4.81. The van der Waals surface area contributed by atoms with E-state index in [4.69, 9.17) is 0 Å². The molecule has 0 saturated heterocycles. The topological polar surface area (TPSA) is 32.3 Å². The summed E-state index contributed by atoms with van der Waals surface area (Å²) in [5, 5.41) is 3.62. The van der Waals surface area contributed by atoms with Gasteiger partial charge in [-0.15, -0.1) is 0 Å². The maximum atomic E-state index is 13.1. The first-order valence-electron chi connectivity index (χ1n) is 7.71. The SMILES string of the molecule is CN(C)CCNC(=O)C(CBr)(c1ccccc1)c1ccccc1. The van der Waals surface area contributed by atoms with Gasteiger partial charge in [-0.05, 0) is 25.2 Å². The molecule has 0 aliphatic rings. The Bertz CT molecular complexity index is 574. The maximum absolute atomic E-state index is 13.1. The second kappa shape index (κ2) is 8.27. The highest BCUT2D eigenvalue weighted by molar-refractivity contribution is 9.09. The number of rotatable bonds is 7. The highest BCUT2D eigenvalue weighted by atomic mass is 79.9. The molecule has 0 fully saturated rings. The van der Waals surface area contributed by atoms with Gasteiger partial charge in [0.05, 0.1) is 0 Å². The van der Waals surface area contributed by atoms with Crippen LogP contribution in [0.15, 0.2) is 60.7 Å². The van der Waals surface area contributed by atoms with Gasteiger partial charge in [0.1, 0.15) is 5.41 Å². The molecule has 0 heterocycles. The Balaban J connectivity index is 2.40. The lowest BCUT2D eigenvalue weighted by atomic mass is 9.75. The second-order valence-corrected chi connectivity index (χ2v) is 6.39. The Morgan fingerprint density at radius 2 is 1.48 bits per heavy atom. The minimum absolute atomic E-state index is 0.0219. The van der Waals surface area contributed by atoms with E-state index < -0.39 is 5.41 Å². The van der Waals surface area contributed by atoms with Crippen LogP contribution in [0, 0.1) is 0 Å². The molecule has 0 saturated carbocycles. The van der Waals surface area contributed by atoms with Crippen LogP contribution in [0.5, 0.6) is 0 Å². The highest BCUT2D eigenvalue weighted by Crippen LogP contribution is 2.34. The first-order valence-corrected chi connectivity index (χ1v) is 8.83. The number of hydrogen-bond donors (Lipinski definition) is 1. The standard InChI is InChI=1S/C19H23BrN2O/c1-22(2)14-13-21-18(23)19(15-20,16-9-5-3-6-10-16)17-11-7-4-8-12-17/h3-12H,13-15H2,1-2H3,(H,21,23). The van der Waals surface area contributed by atoms with E-state index in [9.17, 15) is 4.79 Å². The second-order valence-electron chi connectivity index (χ2n) is 5.83. The van der Waals surface area contributed by atoms with E-state index in [1.165, 1.54) is 0 Å². The van der Waals surface area contributed by atoms with Crippen molar-refractivity contribution in [2.24, 2.45) is 0 Å². The number of likely N-dealkylation sites (N-methyl/N-ethyl adjacent to an activating group) is 1. The first kappa shape index (κ1) is 17.7. The van der Waals surface area contributed by atoms with E-state index in [1.807, 2.05) is 74.8 Å². The Morgan fingerprint density at radius 3 is 1.87 bits per heavy atom. The number of nitrogens with zero attached hydrogens (tertiary/aromatic N) is 1. The van der Waals surface area contributed by atoms with Gasteiger partial charge in [0, 0.05) is 18.4 Å². The molecule has 2 aromatic carbocycles. The van der Waals surface area contributed by atoms with E-state index >= 15 is 0 Å². The van der Waals surface area contributed by atoms with Crippen LogP contribution in [0.2, 0.25) is 0 Å². The molecule has 1 amide bonds. The van der Waals surface area contributed by atoms with Crippen molar-refractivity contribution in [3.63, 3.8) is 0 Å². The zero-order valence-electron chi connectivity index (χ0n) is 13.6. The number of carbonyl (C=O) groups excluding carboxylic acids is 1. The average Bonchev–Trinajstić information content (AvgIpc) is 2.58. The van der Waals surface area contributed by atoms with Gasteiger partial charge in [-0.25, -0.2) is 0 Å². The number of halogens is 1. The molecule has 122 valence electrons. The van der Waals surface area contributed by atoms with Gasteiger partial charge < -0.3 is 10.2 Å². The van der Waals surface area contributed by atoms with E-state index in [0.29, 0.717) is 11.9 Å². The van der Waals surface area contributed by atoms with E-state index in [0.717, 1.165) is 17.7 Å². The van der Waals surface area contributed by atoms with Crippen LogP contribution in [-0.4, -0.2) is 43.3 Å². The molecule has 0 radical (unpaired) electrons. The van der Waals surface area contributed by atoms with Crippen molar-refractivity contribution in [2.75, 3.05) is 32.5 Å². The van der Waals surface area contributed by atoms with Crippen molar-refractivity contribution in [1.82, 2.24) is 10.2 Å². The molecular formula is C19H23BrN2O. The minimum atomic E-state index is -0.727.